The number of aromatic nitrogens is 2. The number of hydrogen-bond donors (Lipinski definition) is 3. The number of rotatable bonds is 8. The fourth-order valence-corrected chi connectivity index (χ4v) is 5.25. The molecule has 3 N–H and O–H groups in total. The molecular weight excluding hydrogens is 494 g/mol. The molecule has 2 heterocycles. The van der Waals surface area contributed by atoms with Gasteiger partial charge in [-0.15, -0.1) is 12.4 Å². The fourth-order valence-electron chi connectivity index (χ4n) is 5.25. The molecule has 1 atom stereocenters. The number of piperidine rings is 1. The largest absolute Gasteiger partial charge is 0.465 e. The van der Waals surface area contributed by atoms with Crippen LogP contribution in [0, 0.1) is 5.92 Å². The summed E-state index contributed by atoms with van der Waals surface area (Å²) < 4.78 is 3.04. The molecule has 1 saturated carbocycles. The number of benzene rings is 2. The first kappa shape index (κ1) is 26.8. The van der Waals surface area contributed by atoms with E-state index in [1.54, 1.807) is 4.57 Å². The Morgan fingerprint density at radius 2 is 1.59 bits per heavy atom. The monoisotopic (exact) mass is 527 g/mol. The Morgan fingerprint density at radius 3 is 2.24 bits per heavy atom. The van der Waals surface area contributed by atoms with E-state index in [9.17, 15) is 19.5 Å². The minimum absolute atomic E-state index is 0. The Morgan fingerprint density at radius 1 is 0.946 bits per heavy atom. The van der Waals surface area contributed by atoms with E-state index in [4.69, 9.17) is 0 Å². The van der Waals surface area contributed by atoms with E-state index < -0.39 is 6.09 Å². The number of likely N-dealkylation sites (tertiary alicyclic amines) is 1. The summed E-state index contributed by atoms with van der Waals surface area (Å²) >= 11 is 0. The first-order valence-corrected chi connectivity index (χ1v) is 12.8. The van der Waals surface area contributed by atoms with Gasteiger partial charge < -0.3 is 20.6 Å². The molecule has 37 heavy (non-hydrogen) atoms. The van der Waals surface area contributed by atoms with Gasteiger partial charge in [-0.3, -0.25) is 4.57 Å². The van der Waals surface area contributed by atoms with Crippen LogP contribution in [-0.2, 0) is 0 Å². The van der Waals surface area contributed by atoms with E-state index in [0.717, 1.165) is 56.4 Å². The second-order valence-corrected chi connectivity index (χ2v) is 9.88. The van der Waals surface area contributed by atoms with Crippen molar-refractivity contribution in [3.63, 3.8) is 0 Å². The molecule has 2 aliphatic rings. The molecule has 1 saturated heterocycles. The van der Waals surface area contributed by atoms with Gasteiger partial charge in [-0.1, -0.05) is 42.5 Å². The Bertz CT molecular complexity index is 1280. The molecule has 1 aliphatic heterocycles. The fraction of sp³-hybridized carbons (Fsp3) is 0.444. The molecule has 0 radical (unpaired) electrons. The molecule has 3 aromatic rings. The number of carbonyl (C=O) groups is 2. The van der Waals surface area contributed by atoms with Crippen LogP contribution in [0.3, 0.4) is 0 Å². The van der Waals surface area contributed by atoms with E-state index in [0.29, 0.717) is 24.4 Å². The maximum absolute atomic E-state index is 13.0. The maximum atomic E-state index is 13.0. The van der Waals surface area contributed by atoms with Crippen molar-refractivity contribution in [1.29, 1.82) is 0 Å². The lowest BCUT2D eigenvalue weighted by Gasteiger charge is -2.33. The van der Waals surface area contributed by atoms with Gasteiger partial charge in [0, 0.05) is 19.1 Å². The zero-order chi connectivity index (χ0) is 25.1. The van der Waals surface area contributed by atoms with E-state index in [1.807, 2.05) is 54.6 Å². The van der Waals surface area contributed by atoms with Gasteiger partial charge in [-0.2, -0.15) is 0 Å². The van der Waals surface area contributed by atoms with Gasteiger partial charge in [0.2, 0.25) is 0 Å². The van der Waals surface area contributed by atoms with Crippen molar-refractivity contribution < 1.29 is 14.7 Å². The van der Waals surface area contributed by atoms with Gasteiger partial charge in [-0.25, -0.2) is 19.0 Å². The van der Waals surface area contributed by atoms with Crippen LogP contribution in [0.1, 0.15) is 49.8 Å². The number of amides is 2. The van der Waals surface area contributed by atoms with Gasteiger partial charge in [0.25, 0.3) is 0 Å². The van der Waals surface area contributed by atoms with Crippen LogP contribution in [0.2, 0.25) is 0 Å². The molecule has 0 spiro atoms. The first-order valence-electron chi connectivity index (χ1n) is 12.8. The number of halogens is 1. The average Bonchev–Trinajstić information content (AvgIpc) is 3.68. The van der Waals surface area contributed by atoms with Crippen LogP contribution in [0.25, 0.3) is 11.0 Å². The van der Waals surface area contributed by atoms with Gasteiger partial charge in [0.1, 0.15) is 0 Å². The second kappa shape index (κ2) is 11.8. The van der Waals surface area contributed by atoms with E-state index in [2.05, 4.69) is 15.5 Å². The van der Waals surface area contributed by atoms with Gasteiger partial charge in [0.05, 0.1) is 17.1 Å². The number of para-hydroxylation sites is 2. The molecular formula is C27H34ClN5O4. The molecule has 9 nitrogen and oxygen atoms in total. The van der Waals surface area contributed by atoms with Crippen LogP contribution in [0.5, 0.6) is 0 Å². The van der Waals surface area contributed by atoms with Crippen molar-refractivity contribution >= 4 is 35.6 Å². The highest BCUT2D eigenvalue weighted by molar-refractivity contribution is 5.89. The normalized spacial score (nSPS) is 17.2. The van der Waals surface area contributed by atoms with E-state index in [1.165, 1.54) is 4.57 Å². The van der Waals surface area contributed by atoms with Crippen LogP contribution >= 0.6 is 12.4 Å². The van der Waals surface area contributed by atoms with Crippen molar-refractivity contribution in [2.45, 2.75) is 44.2 Å². The van der Waals surface area contributed by atoms with Crippen LogP contribution in [-0.4, -0.2) is 57.4 Å². The molecule has 1 aliphatic carbocycles. The zero-order valence-corrected chi connectivity index (χ0v) is 21.5. The molecule has 2 amide bonds. The number of carbonyl (C=O) groups excluding carboxylic acids is 1. The van der Waals surface area contributed by atoms with Crippen LogP contribution in [0.4, 0.5) is 9.59 Å². The Hall–Kier alpha value is -3.30. The van der Waals surface area contributed by atoms with Crippen LogP contribution < -0.4 is 16.3 Å². The van der Waals surface area contributed by atoms with E-state index >= 15 is 0 Å². The zero-order valence-electron chi connectivity index (χ0n) is 20.7. The lowest BCUT2D eigenvalue weighted by atomic mass is 9.96. The van der Waals surface area contributed by atoms with Gasteiger partial charge in [0.15, 0.2) is 0 Å². The topological polar surface area (TPSA) is 109 Å². The number of fused-ring (bicyclic) bond motifs is 1. The summed E-state index contributed by atoms with van der Waals surface area (Å²) in [4.78, 5) is 39.6. The highest BCUT2D eigenvalue weighted by Gasteiger charge is 2.30. The first-order chi connectivity index (χ1) is 17.5. The second-order valence-electron chi connectivity index (χ2n) is 9.88. The molecule has 2 aromatic carbocycles. The lowest BCUT2D eigenvalue weighted by molar-refractivity contribution is 0.168. The number of nitrogens with zero attached hydrogens (tertiary/aromatic N) is 3. The van der Waals surface area contributed by atoms with Crippen molar-refractivity contribution in [2.75, 3.05) is 26.2 Å². The van der Waals surface area contributed by atoms with Crippen molar-refractivity contribution in [3.05, 3.63) is 70.6 Å². The third-order valence-electron chi connectivity index (χ3n) is 7.38. The smallest absolute Gasteiger partial charge is 0.405 e. The molecule has 1 unspecified atom stereocenters. The third kappa shape index (κ3) is 6.17. The van der Waals surface area contributed by atoms with Gasteiger partial charge >= 0.3 is 17.8 Å². The molecule has 0 bridgehead atoms. The quantitative estimate of drug-likeness (QED) is 0.406. The Labute approximate surface area is 221 Å². The van der Waals surface area contributed by atoms with Crippen LogP contribution in [0.15, 0.2) is 59.4 Å². The average molecular weight is 528 g/mol. The number of nitrogens with one attached hydrogen (secondary N) is 2. The highest BCUT2D eigenvalue weighted by atomic mass is 35.5. The highest BCUT2D eigenvalue weighted by Crippen LogP contribution is 2.36. The summed E-state index contributed by atoms with van der Waals surface area (Å²) in [6.45, 7) is 3.14. The summed E-state index contributed by atoms with van der Waals surface area (Å²) in [6.07, 6.45) is 3.53. The molecule has 2 fully saturated rings. The summed E-state index contributed by atoms with van der Waals surface area (Å²) in [5.41, 5.74) is 2.19. The summed E-state index contributed by atoms with van der Waals surface area (Å²) in [7, 11) is 0. The third-order valence-corrected chi connectivity index (χ3v) is 7.38. The summed E-state index contributed by atoms with van der Waals surface area (Å²) in [6, 6.07) is 16.8. The van der Waals surface area contributed by atoms with Crippen molar-refractivity contribution in [2.24, 2.45) is 5.92 Å². The standard InChI is InChI=1S/C27H33N5O4.ClH/c33-25(32-24-9-5-4-8-23(24)31(27(32)36)21-10-11-21)28-18-19-12-15-30(16-13-19)17-14-22(29-26(34)35)20-6-2-1-3-7-20;/h1-9,19,21-22,29H,10-18H2,(H,28,33)(H,34,35);1H. The predicted molar refractivity (Wildman–Crippen MR) is 145 cm³/mol. The Balaban J connectivity index is 0.00000320. The minimum atomic E-state index is -1.02. The lowest BCUT2D eigenvalue weighted by Crippen LogP contribution is -2.42. The number of hydrogen-bond acceptors (Lipinski definition) is 4. The van der Waals surface area contributed by atoms with E-state index in [-0.39, 0.29) is 36.2 Å². The van der Waals surface area contributed by atoms with Crippen molar-refractivity contribution in [3.8, 4) is 0 Å². The molecule has 198 valence electrons. The molecule has 5 rings (SSSR count). The minimum Gasteiger partial charge on any atom is -0.465 e. The predicted octanol–water partition coefficient (Wildman–Crippen LogP) is 4.23. The summed E-state index contributed by atoms with van der Waals surface area (Å²) in [5.74, 6) is 0.347. The Kier molecular flexibility index (Phi) is 8.56. The van der Waals surface area contributed by atoms with Crippen molar-refractivity contribution in [1.82, 2.24) is 24.7 Å². The molecule has 10 heteroatoms. The van der Waals surface area contributed by atoms with Gasteiger partial charge in [-0.05, 0) is 68.8 Å². The number of imidazole rings is 1. The number of carboxylic acid groups (broad SMARTS) is 1. The maximum Gasteiger partial charge on any atom is 0.405 e. The molecule has 1 aromatic heterocycles. The summed E-state index contributed by atoms with van der Waals surface area (Å²) in [5, 5.41) is 14.9. The SMILES string of the molecule is Cl.O=C(O)NC(CCN1CCC(CNC(=O)n2c(=O)n(C3CC3)c3ccccc32)CC1)c1ccccc1.